The Hall–Kier alpha value is -3.12. The van der Waals surface area contributed by atoms with Crippen LogP contribution in [0.2, 0.25) is 0 Å². The van der Waals surface area contributed by atoms with Crippen molar-refractivity contribution < 1.29 is 4.52 Å². The lowest BCUT2D eigenvalue weighted by Crippen LogP contribution is -2.36. The van der Waals surface area contributed by atoms with Gasteiger partial charge in [0.05, 0.1) is 6.54 Å². The Balaban J connectivity index is 1.41. The van der Waals surface area contributed by atoms with Gasteiger partial charge in [-0.05, 0) is 29.7 Å². The molecular weight excluding hydrogens is 350 g/mol. The normalized spacial score (nSPS) is 13.4. The molecule has 0 unspecified atom stereocenters. The largest absolute Gasteiger partial charge is 0.379 e. The SMILES string of the molecule is C=C(CNc1cc(-c2noc(C)n2)ccc1C)N(C)N1Cc2ccccc2C1. The van der Waals surface area contributed by atoms with Crippen LogP contribution in [0.15, 0.2) is 59.3 Å². The highest BCUT2D eigenvalue weighted by atomic mass is 16.5. The fourth-order valence-electron chi connectivity index (χ4n) is 3.41. The molecule has 28 heavy (non-hydrogen) atoms. The monoisotopic (exact) mass is 375 g/mol. The van der Waals surface area contributed by atoms with E-state index >= 15 is 0 Å². The minimum absolute atomic E-state index is 0.562. The number of anilines is 1. The van der Waals surface area contributed by atoms with E-state index in [1.807, 2.05) is 6.07 Å². The van der Waals surface area contributed by atoms with Crippen molar-refractivity contribution in [1.29, 1.82) is 0 Å². The highest BCUT2D eigenvalue weighted by Crippen LogP contribution is 2.26. The van der Waals surface area contributed by atoms with Crippen LogP contribution in [0.1, 0.15) is 22.6 Å². The molecule has 0 atom stereocenters. The van der Waals surface area contributed by atoms with Gasteiger partial charge in [0.15, 0.2) is 0 Å². The number of rotatable bonds is 6. The number of aromatic nitrogens is 2. The maximum absolute atomic E-state index is 5.09. The molecule has 2 heterocycles. The second-order valence-corrected chi connectivity index (χ2v) is 7.20. The number of benzene rings is 2. The van der Waals surface area contributed by atoms with Crippen LogP contribution in [0.25, 0.3) is 11.4 Å². The van der Waals surface area contributed by atoms with E-state index in [2.05, 4.69) is 82.4 Å². The number of nitrogens with zero attached hydrogens (tertiary/aromatic N) is 4. The summed E-state index contributed by atoms with van der Waals surface area (Å²) in [7, 11) is 2.07. The lowest BCUT2D eigenvalue weighted by molar-refractivity contribution is 0.0291. The smallest absolute Gasteiger partial charge is 0.223 e. The highest BCUT2D eigenvalue weighted by molar-refractivity contribution is 5.65. The molecule has 6 heteroatoms. The van der Waals surface area contributed by atoms with Crippen molar-refractivity contribution in [2.75, 3.05) is 18.9 Å². The van der Waals surface area contributed by atoms with E-state index in [1.54, 1.807) is 6.92 Å². The van der Waals surface area contributed by atoms with Crippen LogP contribution >= 0.6 is 0 Å². The van der Waals surface area contributed by atoms with Crippen LogP contribution in [0.3, 0.4) is 0 Å². The van der Waals surface area contributed by atoms with E-state index < -0.39 is 0 Å². The molecule has 2 aromatic carbocycles. The molecule has 1 N–H and O–H groups in total. The number of hydrogen-bond donors (Lipinski definition) is 1. The molecule has 6 nitrogen and oxygen atoms in total. The summed E-state index contributed by atoms with van der Waals surface area (Å²) in [6, 6.07) is 14.7. The van der Waals surface area contributed by atoms with Gasteiger partial charge in [-0.15, -0.1) is 0 Å². The third-order valence-electron chi connectivity index (χ3n) is 5.21. The Kier molecular flexibility index (Phi) is 4.88. The summed E-state index contributed by atoms with van der Waals surface area (Å²) >= 11 is 0. The first-order valence-corrected chi connectivity index (χ1v) is 9.39. The third kappa shape index (κ3) is 3.64. The molecule has 0 fully saturated rings. The molecule has 0 saturated heterocycles. The average Bonchev–Trinajstić information content (AvgIpc) is 3.32. The predicted octanol–water partition coefficient (Wildman–Crippen LogP) is 4.14. The minimum atomic E-state index is 0.562. The first-order valence-electron chi connectivity index (χ1n) is 9.39. The molecule has 0 aliphatic carbocycles. The zero-order valence-electron chi connectivity index (χ0n) is 16.6. The standard InChI is InChI=1S/C22H25N5O/c1-15-9-10-18(22-24-17(3)28-25-22)11-21(15)23-12-16(2)26(4)27-13-19-7-5-6-8-20(19)14-27/h5-11,23H,2,12-14H2,1,3-4H3. The van der Waals surface area contributed by atoms with Crippen LogP contribution in [0, 0.1) is 13.8 Å². The Morgan fingerprint density at radius 1 is 1.18 bits per heavy atom. The molecule has 144 valence electrons. The van der Waals surface area contributed by atoms with Gasteiger partial charge >= 0.3 is 0 Å². The summed E-state index contributed by atoms with van der Waals surface area (Å²) in [6.45, 7) is 10.6. The number of likely N-dealkylation sites (N-methyl/N-ethyl adjacent to an activating group) is 1. The first-order chi connectivity index (χ1) is 13.5. The fraction of sp³-hybridized carbons (Fsp3) is 0.273. The molecule has 4 rings (SSSR count). The maximum Gasteiger partial charge on any atom is 0.223 e. The van der Waals surface area contributed by atoms with E-state index in [1.165, 1.54) is 11.1 Å². The van der Waals surface area contributed by atoms with E-state index in [-0.39, 0.29) is 0 Å². The van der Waals surface area contributed by atoms with Gasteiger partial charge in [-0.25, -0.2) is 5.01 Å². The van der Waals surface area contributed by atoms with Crippen molar-refractivity contribution in [3.8, 4) is 11.4 Å². The summed E-state index contributed by atoms with van der Waals surface area (Å²) in [4.78, 5) is 4.31. The van der Waals surface area contributed by atoms with Gasteiger partial charge in [-0.3, -0.25) is 0 Å². The van der Waals surface area contributed by atoms with Gasteiger partial charge < -0.3 is 14.8 Å². The fourth-order valence-corrected chi connectivity index (χ4v) is 3.41. The molecule has 0 amide bonds. The molecule has 3 aromatic rings. The molecule has 1 aliphatic heterocycles. The van der Waals surface area contributed by atoms with E-state index in [0.717, 1.165) is 35.6 Å². The topological polar surface area (TPSA) is 57.4 Å². The van der Waals surface area contributed by atoms with Crippen LogP contribution in [0.4, 0.5) is 5.69 Å². The van der Waals surface area contributed by atoms with Crippen molar-refractivity contribution in [2.45, 2.75) is 26.9 Å². The van der Waals surface area contributed by atoms with Crippen molar-refractivity contribution >= 4 is 5.69 Å². The molecule has 0 spiro atoms. The second-order valence-electron chi connectivity index (χ2n) is 7.20. The molecule has 0 saturated carbocycles. The molecule has 0 bridgehead atoms. The van der Waals surface area contributed by atoms with E-state index in [0.29, 0.717) is 18.3 Å². The minimum Gasteiger partial charge on any atom is -0.379 e. The maximum atomic E-state index is 5.09. The van der Waals surface area contributed by atoms with Gasteiger partial charge in [0.1, 0.15) is 0 Å². The van der Waals surface area contributed by atoms with Gasteiger partial charge in [-0.2, -0.15) is 4.98 Å². The second kappa shape index (κ2) is 7.48. The van der Waals surface area contributed by atoms with Crippen LogP contribution in [-0.2, 0) is 13.1 Å². The number of nitrogens with one attached hydrogen (secondary N) is 1. The Morgan fingerprint density at radius 3 is 2.54 bits per heavy atom. The van der Waals surface area contributed by atoms with Crippen LogP contribution in [-0.4, -0.2) is 33.8 Å². The number of hydrogen-bond acceptors (Lipinski definition) is 6. The zero-order valence-corrected chi connectivity index (χ0v) is 16.6. The van der Waals surface area contributed by atoms with Gasteiger partial charge in [0, 0.05) is 44.0 Å². The highest BCUT2D eigenvalue weighted by Gasteiger charge is 2.22. The van der Waals surface area contributed by atoms with Crippen molar-refractivity contribution in [3.63, 3.8) is 0 Å². The Bertz CT molecular complexity index is 985. The van der Waals surface area contributed by atoms with Crippen LogP contribution < -0.4 is 5.32 Å². The van der Waals surface area contributed by atoms with Gasteiger partial charge in [-0.1, -0.05) is 48.1 Å². The van der Waals surface area contributed by atoms with E-state index in [4.69, 9.17) is 4.52 Å². The summed E-state index contributed by atoms with van der Waals surface area (Å²) in [5, 5.41) is 12.0. The quantitative estimate of drug-likeness (QED) is 0.699. The lowest BCUT2D eigenvalue weighted by atomic mass is 10.1. The van der Waals surface area contributed by atoms with E-state index in [9.17, 15) is 0 Å². The van der Waals surface area contributed by atoms with Crippen molar-refractivity contribution in [2.24, 2.45) is 0 Å². The summed E-state index contributed by atoms with van der Waals surface area (Å²) in [5.74, 6) is 1.16. The summed E-state index contributed by atoms with van der Waals surface area (Å²) < 4.78 is 5.09. The van der Waals surface area contributed by atoms with Gasteiger partial charge in [0.2, 0.25) is 11.7 Å². The summed E-state index contributed by atoms with van der Waals surface area (Å²) in [5.41, 5.74) is 6.90. The number of fused-ring (bicyclic) bond motifs is 1. The van der Waals surface area contributed by atoms with Crippen molar-refractivity contribution in [3.05, 3.63) is 77.3 Å². The lowest BCUT2D eigenvalue weighted by Gasteiger charge is -2.31. The third-order valence-corrected chi connectivity index (χ3v) is 5.21. The number of hydrazine groups is 1. The average molecular weight is 375 g/mol. The Labute approximate surface area is 165 Å². The van der Waals surface area contributed by atoms with Crippen LogP contribution in [0.5, 0.6) is 0 Å². The molecule has 1 aromatic heterocycles. The molecule has 0 radical (unpaired) electrons. The number of aryl methyl sites for hydroxylation is 2. The van der Waals surface area contributed by atoms with Crippen molar-refractivity contribution in [1.82, 2.24) is 20.2 Å². The predicted molar refractivity (Wildman–Crippen MR) is 110 cm³/mol. The first kappa shape index (κ1) is 18.3. The zero-order chi connectivity index (χ0) is 19.7. The molecular formula is C22H25N5O. The van der Waals surface area contributed by atoms with Gasteiger partial charge in [0.25, 0.3) is 0 Å². The molecule has 1 aliphatic rings. The Morgan fingerprint density at radius 2 is 1.89 bits per heavy atom. The summed E-state index contributed by atoms with van der Waals surface area (Å²) in [6.07, 6.45) is 0.